The normalized spacial score (nSPS) is 11.4. The maximum absolute atomic E-state index is 11.2. The van der Waals surface area contributed by atoms with E-state index in [1.807, 2.05) is 13.0 Å². The molecule has 0 aliphatic heterocycles. The first-order valence-electron chi connectivity index (χ1n) is 3.78. The Hall–Kier alpha value is -0.260. The molecule has 0 spiro atoms. The third-order valence-electron chi connectivity index (χ3n) is 1.60. The van der Waals surface area contributed by atoms with E-state index in [1.165, 1.54) is 0 Å². The standard InChI is InChI=1S/C8H9BrClNO2S/c1-6-3-2-4-7(8(6)9)11-14(12,13)5-10/h2-4,11H,5H2,1H3. The van der Waals surface area contributed by atoms with Crippen molar-refractivity contribution in [1.29, 1.82) is 0 Å². The lowest BCUT2D eigenvalue weighted by Gasteiger charge is -2.08. The van der Waals surface area contributed by atoms with Crippen LogP contribution in [0.25, 0.3) is 0 Å². The molecule has 3 nitrogen and oxygen atoms in total. The quantitative estimate of drug-likeness (QED) is 0.872. The fraction of sp³-hybridized carbons (Fsp3) is 0.250. The molecule has 1 N–H and O–H groups in total. The third-order valence-corrected chi connectivity index (χ3v) is 4.33. The Kier molecular flexibility index (Phi) is 3.80. The topological polar surface area (TPSA) is 46.2 Å². The number of hydrogen-bond donors (Lipinski definition) is 1. The molecule has 0 radical (unpaired) electrons. The molecule has 0 aliphatic rings. The van der Waals surface area contributed by atoms with Crippen LogP contribution >= 0.6 is 27.5 Å². The minimum atomic E-state index is -3.43. The average Bonchev–Trinajstić information content (AvgIpc) is 2.13. The first-order chi connectivity index (χ1) is 6.46. The number of alkyl halides is 1. The molecule has 0 saturated carbocycles. The van der Waals surface area contributed by atoms with Gasteiger partial charge in [-0.3, -0.25) is 4.72 Å². The Morgan fingerprint density at radius 1 is 1.50 bits per heavy atom. The maximum Gasteiger partial charge on any atom is 0.246 e. The lowest BCUT2D eigenvalue weighted by molar-refractivity contribution is 0.605. The summed E-state index contributed by atoms with van der Waals surface area (Å²) in [6.07, 6.45) is 0. The number of hydrogen-bond acceptors (Lipinski definition) is 2. The van der Waals surface area contributed by atoms with Gasteiger partial charge < -0.3 is 0 Å². The summed E-state index contributed by atoms with van der Waals surface area (Å²) < 4.78 is 25.4. The van der Waals surface area contributed by atoms with Gasteiger partial charge in [0.2, 0.25) is 10.0 Å². The second-order valence-electron chi connectivity index (χ2n) is 2.76. The molecule has 1 aromatic carbocycles. The number of benzene rings is 1. The lowest BCUT2D eigenvalue weighted by Crippen LogP contribution is -2.13. The number of aryl methyl sites for hydroxylation is 1. The molecule has 1 rings (SSSR count). The number of nitrogens with one attached hydrogen (secondary N) is 1. The van der Waals surface area contributed by atoms with E-state index in [9.17, 15) is 8.42 Å². The van der Waals surface area contributed by atoms with E-state index in [4.69, 9.17) is 11.6 Å². The van der Waals surface area contributed by atoms with E-state index >= 15 is 0 Å². The van der Waals surface area contributed by atoms with Gasteiger partial charge in [0.1, 0.15) is 5.21 Å². The molecule has 0 aliphatic carbocycles. The minimum absolute atomic E-state index is 0.451. The molecule has 78 valence electrons. The van der Waals surface area contributed by atoms with Crippen LogP contribution in [0.5, 0.6) is 0 Å². The van der Waals surface area contributed by atoms with Crippen LogP contribution in [-0.2, 0) is 10.0 Å². The lowest BCUT2D eigenvalue weighted by atomic mass is 10.2. The van der Waals surface area contributed by atoms with Crippen LogP contribution in [0.2, 0.25) is 0 Å². The Labute approximate surface area is 96.6 Å². The Bertz CT molecular complexity index is 433. The molecule has 14 heavy (non-hydrogen) atoms. The Balaban J connectivity index is 3.05. The van der Waals surface area contributed by atoms with Crippen molar-refractivity contribution in [3.63, 3.8) is 0 Å². The fourth-order valence-corrected chi connectivity index (χ4v) is 2.14. The van der Waals surface area contributed by atoms with Gasteiger partial charge in [0, 0.05) is 4.47 Å². The number of sulfonamides is 1. The molecule has 0 heterocycles. The van der Waals surface area contributed by atoms with Crippen molar-refractivity contribution in [3.8, 4) is 0 Å². The summed E-state index contributed by atoms with van der Waals surface area (Å²) in [5, 5.41) is -0.451. The van der Waals surface area contributed by atoms with Crippen LogP contribution < -0.4 is 4.72 Å². The predicted octanol–water partition coefficient (Wildman–Crippen LogP) is 2.70. The van der Waals surface area contributed by atoms with Crippen LogP contribution in [0.3, 0.4) is 0 Å². The van der Waals surface area contributed by atoms with Gasteiger partial charge in [0.25, 0.3) is 0 Å². The maximum atomic E-state index is 11.2. The highest BCUT2D eigenvalue weighted by Gasteiger charge is 2.10. The van der Waals surface area contributed by atoms with Crippen LogP contribution in [0.1, 0.15) is 5.56 Å². The van der Waals surface area contributed by atoms with E-state index in [0.29, 0.717) is 5.69 Å². The smallest absolute Gasteiger partial charge is 0.246 e. The summed E-state index contributed by atoms with van der Waals surface area (Å²) in [6.45, 7) is 1.88. The SMILES string of the molecule is Cc1cccc(NS(=O)(=O)CCl)c1Br. The fourth-order valence-electron chi connectivity index (χ4n) is 0.921. The van der Waals surface area contributed by atoms with Crippen molar-refractivity contribution < 1.29 is 8.42 Å². The van der Waals surface area contributed by atoms with Crippen molar-refractivity contribution in [2.75, 3.05) is 9.93 Å². The van der Waals surface area contributed by atoms with Crippen molar-refractivity contribution in [3.05, 3.63) is 28.2 Å². The van der Waals surface area contributed by atoms with E-state index < -0.39 is 15.2 Å². The van der Waals surface area contributed by atoms with Crippen LogP contribution in [0, 0.1) is 6.92 Å². The summed E-state index contributed by atoms with van der Waals surface area (Å²) in [7, 11) is -3.43. The number of rotatable bonds is 3. The van der Waals surface area contributed by atoms with Gasteiger partial charge in [-0.2, -0.15) is 0 Å². The van der Waals surface area contributed by atoms with Crippen LogP contribution in [-0.4, -0.2) is 13.6 Å². The first-order valence-corrected chi connectivity index (χ1v) is 6.76. The van der Waals surface area contributed by atoms with E-state index in [-0.39, 0.29) is 0 Å². The van der Waals surface area contributed by atoms with Gasteiger partial charge in [-0.05, 0) is 34.5 Å². The molecular weight excluding hydrogens is 290 g/mol. The molecule has 1 aromatic rings. The molecule has 0 unspecified atom stereocenters. The summed E-state index contributed by atoms with van der Waals surface area (Å²) in [6, 6.07) is 5.32. The van der Waals surface area contributed by atoms with Crippen molar-refractivity contribution in [1.82, 2.24) is 0 Å². The molecule has 0 amide bonds. The number of halogens is 2. The van der Waals surface area contributed by atoms with Crippen LogP contribution in [0.15, 0.2) is 22.7 Å². The molecule has 0 bridgehead atoms. The monoisotopic (exact) mass is 297 g/mol. The molecule has 0 aromatic heterocycles. The zero-order valence-electron chi connectivity index (χ0n) is 7.42. The molecule has 0 saturated heterocycles. The van der Waals surface area contributed by atoms with Gasteiger partial charge >= 0.3 is 0 Å². The van der Waals surface area contributed by atoms with Gasteiger partial charge in [-0.15, -0.1) is 11.6 Å². The summed E-state index contributed by atoms with van der Waals surface area (Å²) >= 11 is 8.56. The second kappa shape index (κ2) is 4.51. The highest BCUT2D eigenvalue weighted by molar-refractivity contribution is 9.10. The van der Waals surface area contributed by atoms with E-state index in [0.717, 1.165) is 10.0 Å². The van der Waals surface area contributed by atoms with Crippen LogP contribution in [0.4, 0.5) is 5.69 Å². The van der Waals surface area contributed by atoms with Gasteiger partial charge in [-0.1, -0.05) is 12.1 Å². The third kappa shape index (κ3) is 2.87. The van der Waals surface area contributed by atoms with Crippen molar-refractivity contribution in [2.24, 2.45) is 0 Å². The zero-order valence-corrected chi connectivity index (χ0v) is 10.6. The summed E-state index contributed by atoms with van der Waals surface area (Å²) in [5.74, 6) is 0. The van der Waals surface area contributed by atoms with Crippen molar-refractivity contribution >= 4 is 43.2 Å². The van der Waals surface area contributed by atoms with Gasteiger partial charge in [-0.25, -0.2) is 8.42 Å². The largest absolute Gasteiger partial charge is 0.281 e. The summed E-state index contributed by atoms with van der Waals surface area (Å²) in [4.78, 5) is 0. The Morgan fingerprint density at radius 2 is 2.14 bits per heavy atom. The molecule has 6 heteroatoms. The molecule has 0 atom stereocenters. The summed E-state index contributed by atoms with van der Waals surface area (Å²) in [5.41, 5.74) is 1.46. The molecular formula is C8H9BrClNO2S. The first kappa shape index (κ1) is 11.8. The average molecular weight is 299 g/mol. The molecule has 0 fully saturated rings. The van der Waals surface area contributed by atoms with Gasteiger partial charge in [0.05, 0.1) is 5.69 Å². The second-order valence-corrected chi connectivity index (χ2v) is 5.86. The minimum Gasteiger partial charge on any atom is -0.281 e. The Morgan fingerprint density at radius 3 is 2.71 bits per heavy atom. The van der Waals surface area contributed by atoms with E-state index in [1.54, 1.807) is 12.1 Å². The zero-order chi connectivity index (χ0) is 10.8. The number of anilines is 1. The highest BCUT2D eigenvalue weighted by Crippen LogP contribution is 2.26. The highest BCUT2D eigenvalue weighted by atomic mass is 79.9. The van der Waals surface area contributed by atoms with E-state index in [2.05, 4.69) is 20.7 Å². The van der Waals surface area contributed by atoms with Gasteiger partial charge in [0.15, 0.2) is 0 Å². The van der Waals surface area contributed by atoms with Crippen molar-refractivity contribution in [2.45, 2.75) is 6.92 Å². The predicted molar refractivity (Wildman–Crippen MR) is 62.1 cm³/mol.